The van der Waals surface area contributed by atoms with Crippen molar-refractivity contribution in [1.29, 1.82) is 0 Å². The van der Waals surface area contributed by atoms with Gasteiger partial charge < -0.3 is 14.2 Å². The molecule has 2 fully saturated rings. The van der Waals surface area contributed by atoms with Gasteiger partial charge in [-0.3, -0.25) is 0 Å². The lowest BCUT2D eigenvalue weighted by Gasteiger charge is -2.33. The molecule has 2 heterocycles. The number of nitrogens with zero attached hydrogens (tertiary/aromatic N) is 2. The van der Waals surface area contributed by atoms with E-state index in [1.807, 2.05) is 18.2 Å². The fourth-order valence-electron chi connectivity index (χ4n) is 4.18. The summed E-state index contributed by atoms with van der Waals surface area (Å²) in [6.07, 6.45) is 4.44. The van der Waals surface area contributed by atoms with Gasteiger partial charge in [-0.05, 0) is 62.1 Å². The SMILES string of the molecule is Clc1cccc(Cl)c1-c1noc(C2CC2)c1COC1CCN(c2ccc(Br)cc2)CC1. The molecular weight excluding hydrogens is 499 g/mol. The highest BCUT2D eigenvalue weighted by Gasteiger charge is 2.34. The lowest BCUT2D eigenvalue weighted by molar-refractivity contribution is 0.0246. The molecule has 0 unspecified atom stereocenters. The summed E-state index contributed by atoms with van der Waals surface area (Å²) in [7, 11) is 0. The van der Waals surface area contributed by atoms with Crippen molar-refractivity contribution in [1.82, 2.24) is 5.16 Å². The van der Waals surface area contributed by atoms with Crippen LogP contribution in [0.2, 0.25) is 10.0 Å². The summed E-state index contributed by atoms with van der Waals surface area (Å²) < 4.78 is 13.2. The van der Waals surface area contributed by atoms with Crippen LogP contribution < -0.4 is 4.90 Å². The zero-order chi connectivity index (χ0) is 21.4. The second-order valence-corrected chi connectivity index (χ2v) is 9.95. The second kappa shape index (κ2) is 9.14. The fraction of sp³-hybridized carbons (Fsp3) is 0.375. The molecule has 1 saturated carbocycles. The van der Waals surface area contributed by atoms with Crippen LogP contribution >= 0.6 is 39.1 Å². The Hall–Kier alpha value is -1.53. The Kier molecular flexibility index (Phi) is 6.29. The van der Waals surface area contributed by atoms with E-state index in [0.717, 1.165) is 60.1 Å². The van der Waals surface area contributed by atoms with Crippen molar-refractivity contribution < 1.29 is 9.26 Å². The second-order valence-electron chi connectivity index (χ2n) is 8.22. The first-order valence-electron chi connectivity index (χ1n) is 10.6. The summed E-state index contributed by atoms with van der Waals surface area (Å²) in [5.74, 6) is 1.36. The molecule has 0 N–H and O–H groups in total. The number of hydrogen-bond acceptors (Lipinski definition) is 4. The molecule has 3 aromatic rings. The molecular formula is C24H23BrCl2N2O2. The lowest BCUT2D eigenvalue weighted by atomic mass is 10.0. The average molecular weight is 522 g/mol. The van der Waals surface area contributed by atoms with E-state index in [2.05, 4.69) is 50.3 Å². The normalized spacial score (nSPS) is 17.3. The number of halogens is 3. The first-order valence-corrected chi connectivity index (χ1v) is 12.2. The average Bonchev–Trinajstić information content (AvgIpc) is 3.54. The molecule has 2 aromatic carbocycles. The van der Waals surface area contributed by atoms with Crippen LogP contribution in [0.15, 0.2) is 51.5 Å². The zero-order valence-corrected chi connectivity index (χ0v) is 20.1. The van der Waals surface area contributed by atoms with Crippen LogP contribution in [0.4, 0.5) is 5.69 Å². The smallest absolute Gasteiger partial charge is 0.145 e. The van der Waals surface area contributed by atoms with Crippen LogP contribution in [0.25, 0.3) is 11.3 Å². The number of benzene rings is 2. The van der Waals surface area contributed by atoms with Gasteiger partial charge in [0.2, 0.25) is 0 Å². The first kappa shape index (κ1) is 21.3. The standard InChI is InChI=1S/C24H23BrCl2N2O2/c25-16-6-8-17(9-7-16)29-12-10-18(11-13-29)30-14-19-23(28-31-24(19)15-4-5-15)22-20(26)2-1-3-21(22)27/h1-3,6-9,15,18H,4-5,10-14H2. The van der Waals surface area contributed by atoms with Gasteiger partial charge in [0.05, 0.1) is 22.8 Å². The van der Waals surface area contributed by atoms with Gasteiger partial charge in [-0.2, -0.15) is 0 Å². The molecule has 1 saturated heterocycles. The minimum Gasteiger partial charge on any atom is -0.373 e. The van der Waals surface area contributed by atoms with E-state index in [1.165, 1.54) is 5.69 Å². The molecule has 0 atom stereocenters. The summed E-state index contributed by atoms with van der Waals surface area (Å²) in [4.78, 5) is 2.41. The molecule has 2 aliphatic rings. The molecule has 7 heteroatoms. The maximum atomic E-state index is 6.46. The Morgan fingerprint density at radius 3 is 2.32 bits per heavy atom. The monoisotopic (exact) mass is 520 g/mol. The Labute approximate surface area is 200 Å². The number of hydrogen-bond donors (Lipinski definition) is 0. The molecule has 0 bridgehead atoms. The van der Waals surface area contributed by atoms with E-state index in [1.54, 1.807) is 0 Å². The Bertz CT molecular complexity index is 1040. The summed E-state index contributed by atoms with van der Waals surface area (Å²) in [6, 6.07) is 14.0. The van der Waals surface area contributed by atoms with E-state index in [4.69, 9.17) is 32.5 Å². The van der Waals surface area contributed by atoms with E-state index in [0.29, 0.717) is 28.3 Å². The van der Waals surface area contributed by atoms with Crippen LogP contribution in [-0.2, 0) is 11.3 Å². The molecule has 0 spiro atoms. The number of rotatable bonds is 6. The third-order valence-corrected chi connectivity index (χ3v) is 7.22. The number of anilines is 1. The number of piperidine rings is 1. The van der Waals surface area contributed by atoms with Crippen molar-refractivity contribution >= 4 is 44.8 Å². The van der Waals surface area contributed by atoms with E-state index < -0.39 is 0 Å². The summed E-state index contributed by atoms with van der Waals surface area (Å²) in [5.41, 5.74) is 3.69. The number of aromatic nitrogens is 1. The molecule has 0 amide bonds. The van der Waals surface area contributed by atoms with Crippen molar-refractivity contribution in [3.63, 3.8) is 0 Å². The van der Waals surface area contributed by atoms with Gasteiger partial charge >= 0.3 is 0 Å². The van der Waals surface area contributed by atoms with Gasteiger partial charge in [0.25, 0.3) is 0 Å². The summed E-state index contributed by atoms with van der Waals surface area (Å²) >= 11 is 16.4. The Morgan fingerprint density at radius 2 is 1.68 bits per heavy atom. The van der Waals surface area contributed by atoms with Crippen molar-refractivity contribution in [3.8, 4) is 11.3 Å². The van der Waals surface area contributed by atoms with Crippen LogP contribution in [0.5, 0.6) is 0 Å². The predicted molar refractivity (Wildman–Crippen MR) is 128 cm³/mol. The quantitative estimate of drug-likeness (QED) is 0.337. The zero-order valence-electron chi connectivity index (χ0n) is 17.0. The highest BCUT2D eigenvalue weighted by atomic mass is 79.9. The van der Waals surface area contributed by atoms with Crippen LogP contribution in [0.1, 0.15) is 42.9 Å². The predicted octanol–water partition coefficient (Wildman–Crippen LogP) is 7.47. The lowest BCUT2D eigenvalue weighted by Crippen LogP contribution is -2.37. The largest absolute Gasteiger partial charge is 0.373 e. The first-order chi connectivity index (χ1) is 15.1. The highest BCUT2D eigenvalue weighted by Crippen LogP contribution is 2.46. The topological polar surface area (TPSA) is 38.5 Å². The van der Waals surface area contributed by atoms with Crippen molar-refractivity contribution in [2.24, 2.45) is 0 Å². The molecule has 1 aliphatic heterocycles. The summed E-state index contributed by atoms with van der Waals surface area (Å²) in [6.45, 7) is 2.43. The van der Waals surface area contributed by atoms with Gasteiger partial charge in [-0.1, -0.05) is 50.4 Å². The Balaban J connectivity index is 1.29. The van der Waals surface area contributed by atoms with Crippen LogP contribution in [-0.4, -0.2) is 24.4 Å². The van der Waals surface area contributed by atoms with Gasteiger partial charge in [0, 0.05) is 40.3 Å². The molecule has 162 valence electrons. The molecule has 4 nitrogen and oxygen atoms in total. The minimum absolute atomic E-state index is 0.211. The maximum absolute atomic E-state index is 6.46. The maximum Gasteiger partial charge on any atom is 0.145 e. The Morgan fingerprint density at radius 1 is 1.00 bits per heavy atom. The van der Waals surface area contributed by atoms with Crippen LogP contribution in [0, 0.1) is 0 Å². The molecule has 31 heavy (non-hydrogen) atoms. The van der Waals surface area contributed by atoms with E-state index in [9.17, 15) is 0 Å². The minimum atomic E-state index is 0.211. The van der Waals surface area contributed by atoms with Gasteiger partial charge in [0.15, 0.2) is 0 Å². The van der Waals surface area contributed by atoms with Crippen molar-refractivity contribution in [3.05, 3.63) is 68.3 Å². The molecule has 5 rings (SSSR count). The van der Waals surface area contributed by atoms with Crippen molar-refractivity contribution in [2.75, 3.05) is 18.0 Å². The summed E-state index contributed by atoms with van der Waals surface area (Å²) in [5, 5.41) is 5.51. The van der Waals surface area contributed by atoms with Crippen LogP contribution in [0.3, 0.4) is 0 Å². The van der Waals surface area contributed by atoms with Gasteiger partial charge in [-0.25, -0.2) is 0 Å². The van der Waals surface area contributed by atoms with E-state index in [-0.39, 0.29) is 6.10 Å². The third kappa shape index (κ3) is 4.65. The highest BCUT2D eigenvalue weighted by molar-refractivity contribution is 9.10. The third-order valence-electron chi connectivity index (χ3n) is 6.06. The molecule has 1 aliphatic carbocycles. The fourth-order valence-corrected chi connectivity index (χ4v) is 5.02. The van der Waals surface area contributed by atoms with Crippen molar-refractivity contribution in [2.45, 2.75) is 44.3 Å². The van der Waals surface area contributed by atoms with Gasteiger partial charge in [0.1, 0.15) is 11.5 Å². The number of ether oxygens (including phenoxy) is 1. The van der Waals surface area contributed by atoms with E-state index >= 15 is 0 Å². The molecule has 0 radical (unpaired) electrons. The van der Waals surface area contributed by atoms with Gasteiger partial charge in [-0.15, -0.1) is 0 Å². The molecule has 1 aromatic heterocycles.